The Labute approximate surface area is 122 Å². The van der Waals surface area contributed by atoms with Crippen molar-refractivity contribution in [2.45, 2.75) is 13.0 Å². The van der Waals surface area contributed by atoms with Crippen LogP contribution >= 0.6 is 0 Å². The van der Waals surface area contributed by atoms with Gasteiger partial charge in [-0.1, -0.05) is 6.07 Å². The monoisotopic (exact) mass is 290 g/mol. The Morgan fingerprint density at radius 2 is 2.24 bits per heavy atom. The summed E-state index contributed by atoms with van der Waals surface area (Å²) >= 11 is 0. The summed E-state index contributed by atoms with van der Waals surface area (Å²) in [5.41, 5.74) is 5.83. The van der Waals surface area contributed by atoms with E-state index in [1.54, 1.807) is 13.2 Å². The van der Waals surface area contributed by atoms with Crippen molar-refractivity contribution in [1.82, 2.24) is 14.8 Å². The second-order valence-electron chi connectivity index (χ2n) is 4.35. The van der Waals surface area contributed by atoms with E-state index in [0.29, 0.717) is 30.5 Å². The number of aromatic nitrogens is 3. The molecule has 0 aliphatic rings. The Bertz CT molecular complexity index is 642. The minimum atomic E-state index is -0.245. The van der Waals surface area contributed by atoms with Crippen LogP contribution in [0.15, 0.2) is 35.3 Å². The van der Waals surface area contributed by atoms with E-state index in [1.807, 2.05) is 12.1 Å². The molecule has 0 aromatic carbocycles. The molecular formula is C14H18N4O3. The van der Waals surface area contributed by atoms with Gasteiger partial charge in [0.2, 0.25) is 5.88 Å². The summed E-state index contributed by atoms with van der Waals surface area (Å²) in [5, 5.41) is 4.07. The molecule has 0 fully saturated rings. The maximum absolute atomic E-state index is 12.0. The van der Waals surface area contributed by atoms with Gasteiger partial charge < -0.3 is 15.2 Å². The second kappa shape index (κ2) is 7.39. The summed E-state index contributed by atoms with van der Waals surface area (Å²) in [6.45, 7) is 1.30. The van der Waals surface area contributed by atoms with Crippen LogP contribution in [0.1, 0.15) is 12.1 Å². The molecule has 0 unspecified atom stereocenters. The molecule has 2 rings (SSSR count). The lowest BCUT2D eigenvalue weighted by atomic mass is 10.3. The van der Waals surface area contributed by atoms with Gasteiger partial charge in [-0.15, -0.1) is 0 Å². The van der Waals surface area contributed by atoms with Gasteiger partial charge in [0.1, 0.15) is 5.75 Å². The average molecular weight is 290 g/mol. The smallest absolute Gasteiger partial charge is 0.270 e. The SMILES string of the molecule is COc1cccc(Cn2ncc(OCCCN)cc2=O)n1. The third-order valence-electron chi connectivity index (χ3n) is 2.76. The topological polar surface area (TPSA) is 92.3 Å². The van der Waals surface area contributed by atoms with Gasteiger partial charge in [-0.3, -0.25) is 4.79 Å². The van der Waals surface area contributed by atoms with Gasteiger partial charge in [-0.25, -0.2) is 9.67 Å². The summed E-state index contributed by atoms with van der Waals surface area (Å²) in [6, 6.07) is 6.77. The molecule has 7 heteroatoms. The molecule has 2 heterocycles. The van der Waals surface area contributed by atoms with Crippen molar-refractivity contribution in [3.05, 3.63) is 46.5 Å². The number of methoxy groups -OCH3 is 1. The summed E-state index contributed by atoms with van der Waals surface area (Å²) in [4.78, 5) is 16.2. The fraction of sp³-hybridized carbons (Fsp3) is 0.357. The maximum Gasteiger partial charge on any atom is 0.270 e. The van der Waals surface area contributed by atoms with Crippen LogP contribution in [0.4, 0.5) is 0 Å². The van der Waals surface area contributed by atoms with Gasteiger partial charge in [0.25, 0.3) is 5.56 Å². The Kier molecular flexibility index (Phi) is 5.28. The lowest BCUT2D eigenvalue weighted by molar-refractivity contribution is 0.309. The lowest BCUT2D eigenvalue weighted by Crippen LogP contribution is -2.23. The predicted octanol–water partition coefficient (Wildman–Crippen LogP) is 0.423. The van der Waals surface area contributed by atoms with Gasteiger partial charge >= 0.3 is 0 Å². The molecule has 0 atom stereocenters. The molecule has 0 saturated carbocycles. The zero-order valence-electron chi connectivity index (χ0n) is 11.9. The number of ether oxygens (including phenoxy) is 2. The van der Waals surface area contributed by atoms with Crippen LogP contribution in [0.3, 0.4) is 0 Å². The van der Waals surface area contributed by atoms with Gasteiger partial charge in [-0.2, -0.15) is 5.10 Å². The van der Waals surface area contributed by atoms with E-state index in [9.17, 15) is 4.79 Å². The second-order valence-corrected chi connectivity index (χ2v) is 4.35. The van der Waals surface area contributed by atoms with Crippen LogP contribution in [-0.4, -0.2) is 35.0 Å². The zero-order valence-corrected chi connectivity index (χ0v) is 11.9. The average Bonchev–Trinajstić information content (AvgIpc) is 2.50. The third kappa shape index (κ3) is 4.28. The van der Waals surface area contributed by atoms with E-state index in [4.69, 9.17) is 15.2 Å². The van der Waals surface area contributed by atoms with Crippen molar-refractivity contribution in [3.8, 4) is 11.6 Å². The number of hydrogen-bond acceptors (Lipinski definition) is 6. The number of rotatable bonds is 7. The van der Waals surface area contributed by atoms with Gasteiger partial charge in [-0.05, 0) is 19.0 Å². The molecule has 0 bridgehead atoms. The summed E-state index contributed by atoms with van der Waals surface area (Å²) in [6.07, 6.45) is 2.24. The van der Waals surface area contributed by atoms with Crippen LogP contribution < -0.4 is 20.8 Å². The molecule has 0 amide bonds. The lowest BCUT2D eigenvalue weighted by Gasteiger charge is -2.07. The van der Waals surface area contributed by atoms with Crippen LogP contribution in [-0.2, 0) is 6.54 Å². The molecule has 0 radical (unpaired) electrons. The molecule has 0 aliphatic heterocycles. The Morgan fingerprint density at radius 3 is 2.95 bits per heavy atom. The van der Waals surface area contributed by atoms with E-state index >= 15 is 0 Å². The van der Waals surface area contributed by atoms with Crippen molar-refractivity contribution in [1.29, 1.82) is 0 Å². The third-order valence-corrected chi connectivity index (χ3v) is 2.76. The zero-order chi connectivity index (χ0) is 15.1. The predicted molar refractivity (Wildman–Crippen MR) is 77.6 cm³/mol. The highest BCUT2D eigenvalue weighted by Crippen LogP contribution is 2.08. The van der Waals surface area contributed by atoms with E-state index in [2.05, 4.69) is 10.1 Å². The minimum Gasteiger partial charge on any atom is -0.492 e. The van der Waals surface area contributed by atoms with Crippen molar-refractivity contribution in [2.24, 2.45) is 5.73 Å². The van der Waals surface area contributed by atoms with E-state index in [1.165, 1.54) is 16.9 Å². The Morgan fingerprint density at radius 1 is 1.38 bits per heavy atom. The molecular weight excluding hydrogens is 272 g/mol. The molecule has 2 aromatic heterocycles. The largest absolute Gasteiger partial charge is 0.492 e. The molecule has 21 heavy (non-hydrogen) atoms. The van der Waals surface area contributed by atoms with Crippen molar-refractivity contribution < 1.29 is 9.47 Å². The first kappa shape index (κ1) is 15.0. The Balaban J connectivity index is 2.08. The summed E-state index contributed by atoms with van der Waals surface area (Å²) < 4.78 is 11.7. The first-order valence-electron chi connectivity index (χ1n) is 6.63. The molecule has 2 aromatic rings. The fourth-order valence-electron chi connectivity index (χ4n) is 1.70. The highest BCUT2D eigenvalue weighted by molar-refractivity contribution is 5.17. The van der Waals surface area contributed by atoms with Gasteiger partial charge in [0, 0.05) is 12.1 Å². The van der Waals surface area contributed by atoms with E-state index < -0.39 is 0 Å². The van der Waals surface area contributed by atoms with Gasteiger partial charge in [0.05, 0.1) is 32.2 Å². The quantitative estimate of drug-likeness (QED) is 0.743. The van der Waals surface area contributed by atoms with E-state index in [0.717, 1.165) is 6.42 Å². The van der Waals surface area contributed by atoms with Gasteiger partial charge in [0.15, 0.2) is 0 Å². The van der Waals surface area contributed by atoms with Crippen LogP contribution in [0.25, 0.3) is 0 Å². The highest BCUT2D eigenvalue weighted by Gasteiger charge is 2.04. The molecule has 112 valence electrons. The highest BCUT2D eigenvalue weighted by atomic mass is 16.5. The molecule has 0 spiro atoms. The molecule has 0 aliphatic carbocycles. The number of pyridine rings is 1. The van der Waals surface area contributed by atoms with Crippen molar-refractivity contribution in [2.75, 3.05) is 20.3 Å². The Hall–Kier alpha value is -2.41. The van der Waals surface area contributed by atoms with Crippen molar-refractivity contribution >= 4 is 0 Å². The molecule has 0 saturated heterocycles. The maximum atomic E-state index is 12.0. The van der Waals surface area contributed by atoms with Crippen LogP contribution in [0.2, 0.25) is 0 Å². The number of nitrogens with two attached hydrogens (primary N) is 1. The number of hydrogen-bond donors (Lipinski definition) is 1. The number of nitrogens with zero attached hydrogens (tertiary/aromatic N) is 3. The van der Waals surface area contributed by atoms with E-state index in [-0.39, 0.29) is 12.1 Å². The molecule has 7 nitrogen and oxygen atoms in total. The fourth-order valence-corrected chi connectivity index (χ4v) is 1.70. The first-order valence-corrected chi connectivity index (χ1v) is 6.63. The normalized spacial score (nSPS) is 10.4. The standard InChI is InChI=1S/C14H18N4O3/c1-20-13-5-2-4-11(17-13)10-18-14(19)8-12(9-16-18)21-7-3-6-15/h2,4-5,8-9H,3,6-7,10,15H2,1H3. The summed E-state index contributed by atoms with van der Waals surface area (Å²) in [5.74, 6) is 0.950. The first-order chi connectivity index (χ1) is 10.2. The molecule has 2 N–H and O–H groups in total. The van der Waals surface area contributed by atoms with Crippen molar-refractivity contribution in [3.63, 3.8) is 0 Å². The summed E-state index contributed by atoms with van der Waals surface area (Å²) in [7, 11) is 1.55. The van der Waals surface area contributed by atoms with Crippen LogP contribution in [0.5, 0.6) is 11.6 Å². The minimum absolute atomic E-state index is 0.245. The van der Waals surface area contributed by atoms with Crippen LogP contribution in [0, 0.1) is 0 Å².